The normalized spacial score (nSPS) is 12.2. The lowest BCUT2D eigenvalue weighted by Crippen LogP contribution is -2.59. The van der Waals surface area contributed by atoms with Crippen molar-refractivity contribution in [1.82, 2.24) is 26.2 Å². The maximum atomic E-state index is 13.5. The lowest BCUT2D eigenvalue weighted by molar-refractivity contribution is -0.131. The Balaban J connectivity index is 1.45. The third kappa shape index (κ3) is 66.1. The van der Waals surface area contributed by atoms with Crippen LogP contribution in [0.5, 0.6) is 0 Å². The topological polar surface area (TPSA) is 434 Å². The number of aliphatic hydroxyl groups excluding tert-OH is 2. The molecule has 0 saturated carbocycles. The van der Waals surface area contributed by atoms with E-state index in [-0.39, 0.29) is 167 Å². The van der Waals surface area contributed by atoms with E-state index in [0.29, 0.717) is 275 Å². The minimum Gasteiger partial charge on any atom is -0.395 e. The minimum atomic E-state index is -1.34. The molecule has 0 bridgehead atoms. The van der Waals surface area contributed by atoms with Gasteiger partial charge in [-0.3, -0.25) is 33.7 Å². The Hall–Kier alpha value is -4.88. The Morgan fingerprint density at radius 3 is 0.746 bits per heavy atom. The van der Waals surface area contributed by atoms with Gasteiger partial charge >= 0.3 is 0 Å². The van der Waals surface area contributed by atoms with E-state index in [0.717, 1.165) is 0 Å². The number of hydrogen-bond acceptors (Lipinski definition) is 34. The van der Waals surface area contributed by atoms with Crippen molar-refractivity contribution in [2.24, 2.45) is 0 Å². The molecule has 114 heavy (non-hydrogen) atoms. The van der Waals surface area contributed by atoms with E-state index >= 15 is 0 Å². The molecule has 0 radical (unpaired) electrons. The quantitative estimate of drug-likeness (QED) is 0.0306. The van der Waals surface area contributed by atoms with E-state index in [1.807, 2.05) is 0 Å². The van der Waals surface area contributed by atoms with Gasteiger partial charge in [-0.05, 0) is 12.1 Å². The second kappa shape index (κ2) is 81.8. The van der Waals surface area contributed by atoms with Crippen LogP contribution < -0.4 is 21.3 Å². The number of fused-ring (bicyclic) bond motifs is 1. The van der Waals surface area contributed by atoms with Gasteiger partial charge in [0.15, 0.2) is 0 Å². The SMILES string of the molecule is COCCOCCOCCOCCOCCOCCOCCOCCOCCOCCOCCNC(=O)CCOCC(COCCC(=O)NCCO)(COCCC(=O)NCCO)NC(=O)CCOCCOCCOCCOCCOCCOCCOCCOCCOCCOCCOCCOCCN1C(=O)c2ccccc2C1=O. The summed E-state index contributed by atoms with van der Waals surface area (Å²) in [7, 11) is 1.63. The Labute approximate surface area is 671 Å². The van der Waals surface area contributed by atoms with Gasteiger partial charge in [0.1, 0.15) is 5.54 Å². The number of ether oxygens (including phenoxy) is 26. The van der Waals surface area contributed by atoms with Crippen molar-refractivity contribution in [2.45, 2.75) is 31.2 Å². The maximum absolute atomic E-state index is 13.5. The van der Waals surface area contributed by atoms with Crippen molar-refractivity contribution < 1.29 is 162 Å². The summed E-state index contributed by atoms with van der Waals surface area (Å²) >= 11 is 0. The lowest BCUT2D eigenvalue weighted by atomic mass is 10.0. The van der Waals surface area contributed by atoms with Crippen LogP contribution in [0.2, 0.25) is 0 Å². The second-order valence-corrected chi connectivity index (χ2v) is 24.3. The fraction of sp³-hybridized carbons (Fsp3) is 0.840. The van der Waals surface area contributed by atoms with Gasteiger partial charge < -0.3 is 155 Å². The van der Waals surface area contributed by atoms with Crippen molar-refractivity contribution in [1.29, 1.82) is 0 Å². The van der Waals surface area contributed by atoms with Crippen LogP contribution in [0.1, 0.15) is 46.4 Å². The van der Waals surface area contributed by atoms with Crippen LogP contribution >= 0.6 is 0 Å². The molecule has 0 unspecified atom stereocenters. The van der Waals surface area contributed by atoms with Gasteiger partial charge in [0, 0.05) is 52.4 Å². The fourth-order valence-corrected chi connectivity index (χ4v) is 9.31. The molecule has 2 rings (SSSR count). The Bertz CT molecular complexity index is 2330. The van der Waals surface area contributed by atoms with Gasteiger partial charge in [0.2, 0.25) is 23.6 Å². The van der Waals surface area contributed by atoms with Crippen molar-refractivity contribution >= 4 is 35.4 Å². The summed E-state index contributed by atoms with van der Waals surface area (Å²) in [5.74, 6) is -2.05. The van der Waals surface area contributed by atoms with Crippen LogP contribution in [0.15, 0.2) is 24.3 Å². The van der Waals surface area contributed by atoms with Crippen LogP contribution in [0.25, 0.3) is 0 Å². The molecular formula is C75H135N5O34. The number of aliphatic hydroxyl groups is 2. The van der Waals surface area contributed by atoms with Gasteiger partial charge in [-0.2, -0.15) is 0 Å². The van der Waals surface area contributed by atoms with E-state index in [1.165, 1.54) is 4.90 Å². The average molecular weight is 1650 g/mol. The molecule has 1 aliphatic rings. The summed E-state index contributed by atoms with van der Waals surface area (Å²) in [6, 6.07) is 6.77. The number of benzene rings is 1. The predicted molar refractivity (Wildman–Crippen MR) is 407 cm³/mol. The van der Waals surface area contributed by atoms with Crippen molar-refractivity contribution in [3.05, 3.63) is 35.4 Å². The first-order valence-electron chi connectivity index (χ1n) is 39.4. The largest absolute Gasteiger partial charge is 0.395 e. The Kier molecular flexibility index (Phi) is 75.5. The Morgan fingerprint density at radius 1 is 0.281 bits per heavy atom. The summed E-state index contributed by atoms with van der Waals surface area (Å²) in [4.78, 5) is 76.8. The number of imide groups is 1. The van der Waals surface area contributed by atoms with Gasteiger partial charge in [0.05, 0.1) is 368 Å². The number of rotatable bonds is 92. The van der Waals surface area contributed by atoms with Crippen molar-refractivity contribution in [3.8, 4) is 0 Å². The first-order chi connectivity index (χ1) is 56.2. The highest BCUT2D eigenvalue weighted by Crippen LogP contribution is 2.22. The minimum absolute atomic E-state index is 0.0263. The van der Waals surface area contributed by atoms with Crippen LogP contribution in [0.4, 0.5) is 0 Å². The van der Waals surface area contributed by atoms with Crippen molar-refractivity contribution in [2.75, 3.05) is 383 Å². The molecule has 0 spiro atoms. The number of nitrogens with zero attached hydrogens (tertiary/aromatic N) is 1. The predicted octanol–water partition coefficient (Wildman–Crippen LogP) is -1.91. The van der Waals surface area contributed by atoms with Crippen LogP contribution in [0, 0.1) is 0 Å². The number of carbonyl (C=O) groups is 6. The zero-order valence-electron chi connectivity index (χ0n) is 67.3. The first kappa shape index (κ1) is 105. The second-order valence-electron chi connectivity index (χ2n) is 24.3. The molecule has 1 aliphatic heterocycles. The number of hydrogen-bond donors (Lipinski definition) is 6. The summed E-state index contributed by atoms with van der Waals surface area (Å²) in [5.41, 5.74) is -0.499. The maximum Gasteiger partial charge on any atom is 0.261 e. The highest BCUT2D eigenvalue weighted by Gasteiger charge is 2.36. The molecule has 0 aromatic heterocycles. The van der Waals surface area contributed by atoms with E-state index in [1.54, 1.807) is 31.4 Å². The smallest absolute Gasteiger partial charge is 0.261 e. The Morgan fingerprint density at radius 2 is 0.491 bits per heavy atom. The van der Waals surface area contributed by atoms with E-state index in [4.69, 9.17) is 133 Å². The molecule has 1 aromatic carbocycles. The number of amides is 6. The van der Waals surface area contributed by atoms with Crippen LogP contribution in [-0.4, -0.2) is 440 Å². The van der Waals surface area contributed by atoms with Gasteiger partial charge in [-0.25, -0.2) is 0 Å². The average Bonchev–Trinajstić information content (AvgIpc) is 1.64. The molecular weight excluding hydrogens is 1510 g/mol. The fourth-order valence-electron chi connectivity index (χ4n) is 9.31. The molecule has 39 nitrogen and oxygen atoms in total. The van der Waals surface area contributed by atoms with Crippen molar-refractivity contribution in [3.63, 3.8) is 0 Å². The highest BCUT2D eigenvalue weighted by atomic mass is 16.6. The summed E-state index contributed by atoms with van der Waals surface area (Å²) < 4.78 is 144. The molecule has 6 N–H and O–H groups in total. The van der Waals surface area contributed by atoms with E-state index in [9.17, 15) is 28.8 Å². The van der Waals surface area contributed by atoms with E-state index < -0.39 is 11.4 Å². The molecule has 1 aromatic rings. The number of methoxy groups -OCH3 is 1. The zero-order valence-corrected chi connectivity index (χ0v) is 67.3. The van der Waals surface area contributed by atoms with Crippen LogP contribution in [-0.2, 0) is 142 Å². The third-order valence-electron chi connectivity index (χ3n) is 15.1. The standard InChI is InChI=1S/C75H135N5O34/c1-89-22-23-93-30-31-97-38-39-101-46-47-105-54-55-109-60-57-107-52-49-103-44-41-99-36-33-95-28-25-91-20-12-78-71(85)8-19-114-66-75(64-112-17-6-69(83)76-10-14-81,65-113-18-7-70(84)77-11-15-82)79-72(86)9-16-90-24-27-94-32-35-98-40-43-102-48-51-106-56-59-110-62-63-111-61-58-108-53-50-104-45-42-100-37-34-96-29-26-92-21-13-80-73(87)67-4-2-3-5-68(67)74(80)88/h2-5,81-82H,6-66H2,1H3,(H,76,83)(H,77,84)(H,78,85)(H,79,86). The van der Waals surface area contributed by atoms with Crippen LogP contribution in [0.3, 0.4) is 0 Å². The van der Waals surface area contributed by atoms with Gasteiger partial charge in [-0.1, -0.05) is 12.1 Å². The third-order valence-corrected chi connectivity index (χ3v) is 15.1. The van der Waals surface area contributed by atoms with E-state index in [2.05, 4.69) is 21.3 Å². The molecule has 0 fully saturated rings. The van der Waals surface area contributed by atoms with Gasteiger partial charge in [-0.15, -0.1) is 0 Å². The summed E-state index contributed by atoms with van der Waals surface area (Å²) in [5, 5.41) is 29.0. The summed E-state index contributed by atoms with van der Waals surface area (Å²) in [6.07, 6.45) is -0.177. The molecule has 664 valence electrons. The monoisotopic (exact) mass is 1650 g/mol. The summed E-state index contributed by atoms with van der Waals surface area (Å²) in [6.45, 7) is 17.4. The highest BCUT2D eigenvalue weighted by molar-refractivity contribution is 6.21. The molecule has 1 heterocycles. The number of nitrogens with one attached hydrogen (secondary N) is 4. The molecule has 6 amide bonds. The van der Waals surface area contributed by atoms with Gasteiger partial charge in [0.25, 0.3) is 11.8 Å². The molecule has 0 saturated heterocycles. The lowest BCUT2D eigenvalue weighted by Gasteiger charge is -2.34. The number of carbonyl (C=O) groups excluding carboxylic acids is 6. The molecule has 0 atom stereocenters. The molecule has 39 heteroatoms. The molecule has 0 aliphatic carbocycles. The first-order valence-corrected chi connectivity index (χ1v) is 39.4. The zero-order chi connectivity index (χ0) is 81.9.